The van der Waals surface area contributed by atoms with Gasteiger partial charge in [-0.05, 0) is 36.2 Å². The van der Waals surface area contributed by atoms with Crippen molar-refractivity contribution in [2.24, 2.45) is 20.0 Å². The molecule has 12 heteroatoms. The molecule has 2 N–H and O–H groups in total. The maximum Gasteiger partial charge on any atom is 0.332 e. The Labute approximate surface area is 208 Å². The van der Waals surface area contributed by atoms with Gasteiger partial charge in [-0.3, -0.25) is 23.7 Å². The summed E-state index contributed by atoms with van der Waals surface area (Å²) < 4.78 is 4.02. The van der Waals surface area contributed by atoms with Crippen molar-refractivity contribution in [2.75, 3.05) is 5.32 Å². The van der Waals surface area contributed by atoms with Gasteiger partial charge in [0.2, 0.25) is 5.95 Å². The first-order valence-corrected chi connectivity index (χ1v) is 11.5. The molecular weight excluding hydrogens is 495 g/mol. The predicted molar refractivity (Wildman–Crippen MR) is 132 cm³/mol. The lowest BCUT2D eigenvalue weighted by Crippen LogP contribution is -2.39. The second kappa shape index (κ2) is 8.54. The lowest BCUT2D eigenvalue weighted by Gasteiger charge is -2.10. The molecule has 1 aliphatic rings. The zero-order chi connectivity index (χ0) is 25.0. The van der Waals surface area contributed by atoms with Gasteiger partial charge in [0, 0.05) is 37.6 Å². The summed E-state index contributed by atoms with van der Waals surface area (Å²) in [6, 6.07) is 8.43. The fraction of sp³-hybridized carbons (Fsp3) is 0.261. The average molecular weight is 515 g/mol. The number of carboxylic acid groups (broad SMARTS) is 1. The summed E-state index contributed by atoms with van der Waals surface area (Å²) in [6.45, 7) is 0.0200. The smallest absolute Gasteiger partial charge is 0.332 e. The Morgan fingerprint density at radius 3 is 2.60 bits per heavy atom. The van der Waals surface area contributed by atoms with E-state index < -0.39 is 23.1 Å². The molecule has 1 saturated carbocycles. The molecule has 0 unspecified atom stereocenters. The van der Waals surface area contributed by atoms with E-state index in [0.717, 1.165) is 4.57 Å². The minimum Gasteiger partial charge on any atom is -0.481 e. The Hall–Kier alpha value is -3.63. The van der Waals surface area contributed by atoms with Crippen LogP contribution in [-0.4, -0.2) is 34.7 Å². The summed E-state index contributed by atoms with van der Waals surface area (Å²) in [6.07, 6.45) is 2.15. The molecule has 1 aromatic carbocycles. The molecule has 1 aliphatic carbocycles. The maximum atomic E-state index is 13.3. The van der Waals surface area contributed by atoms with Gasteiger partial charge >= 0.3 is 11.7 Å². The molecule has 2 atom stereocenters. The topological polar surface area (TPSA) is 124 Å². The van der Waals surface area contributed by atoms with Gasteiger partial charge < -0.3 is 15.0 Å². The van der Waals surface area contributed by atoms with Crippen LogP contribution in [0.15, 0.2) is 46.1 Å². The van der Waals surface area contributed by atoms with Gasteiger partial charge in [0.15, 0.2) is 11.2 Å². The molecule has 5 rings (SSSR count). The number of aliphatic carboxylic acids is 1. The fourth-order valence-corrected chi connectivity index (χ4v) is 4.49. The number of imidazole rings is 1. The molecule has 0 bridgehead atoms. The number of rotatable bonds is 6. The normalized spacial score (nSPS) is 17.0. The Kier molecular flexibility index (Phi) is 5.65. The van der Waals surface area contributed by atoms with Crippen LogP contribution in [0.2, 0.25) is 10.0 Å². The molecule has 10 nitrogen and oxygen atoms in total. The van der Waals surface area contributed by atoms with Gasteiger partial charge in [-0.2, -0.15) is 4.98 Å². The summed E-state index contributed by atoms with van der Waals surface area (Å²) in [5.74, 6) is -1.02. The number of nitrogens with zero attached hydrogens (tertiary/aromatic N) is 5. The molecule has 180 valence electrons. The van der Waals surface area contributed by atoms with Gasteiger partial charge in [0.1, 0.15) is 0 Å². The first-order chi connectivity index (χ1) is 16.7. The monoisotopic (exact) mass is 514 g/mol. The van der Waals surface area contributed by atoms with Crippen LogP contribution in [-0.2, 0) is 25.4 Å². The highest BCUT2D eigenvalue weighted by atomic mass is 35.5. The van der Waals surface area contributed by atoms with Crippen molar-refractivity contribution >= 4 is 52.0 Å². The Balaban J connectivity index is 1.52. The van der Waals surface area contributed by atoms with Crippen molar-refractivity contribution in [1.29, 1.82) is 0 Å². The van der Waals surface area contributed by atoms with E-state index in [1.54, 1.807) is 55.2 Å². The van der Waals surface area contributed by atoms with Crippen molar-refractivity contribution in [1.82, 2.24) is 23.7 Å². The van der Waals surface area contributed by atoms with Crippen LogP contribution >= 0.6 is 23.2 Å². The number of hydrogen-bond donors (Lipinski definition) is 2. The minimum atomic E-state index is -0.830. The van der Waals surface area contributed by atoms with Crippen molar-refractivity contribution in [3.8, 4) is 0 Å². The number of halogens is 2. The number of aromatic nitrogens is 5. The molecule has 4 aromatic rings. The van der Waals surface area contributed by atoms with Gasteiger partial charge in [-0.15, -0.1) is 0 Å². The largest absolute Gasteiger partial charge is 0.481 e. The molecular formula is C23H20Cl2N6O4. The average Bonchev–Trinajstić information content (AvgIpc) is 3.57. The highest BCUT2D eigenvalue weighted by Crippen LogP contribution is 2.47. The number of carbonyl (C=O) groups is 1. The molecule has 0 amide bonds. The highest BCUT2D eigenvalue weighted by Gasteiger charge is 2.45. The van der Waals surface area contributed by atoms with E-state index >= 15 is 0 Å². The molecule has 0 saturated heterocycles. The van der Waals surface area contributed by atoms with E-state index in [1.165, 1.54) is 4.57 Å². The number of anilines is 2. The second-order valence-corrected chi connectivity index (χ2v) is 9.34. The molecule has 0 aliphatic heterocycles. The van der Waals surface area contributed by atoms with E-state index in [-0.39, 0.29) is 23.6 Å². The van der Waals surface area contributed by atoms with Gasteiger partial charge in [0.05, 0.1) is 22.5 Å². The molecule has 3 heterocycles. The minimum absolute atomic E-state index is 0.0200. The summed E-state index contributed by atoms with van der Waals surface area (Å²) in [5.41, 5.74) is 1.45. The third-order valence-corrected chi connectivity index (χ3v) is 6.95. The van der Waals surface area contributed by atoms with Gasteiger partial charge in [-0.1, -0.05) is 29.3 Å². The third kappa shape index (κ3) is 4.08. The zero-order valence-electron chi connectivity index (χ0n) is 18.7. The SMILES string of the molecule is Cn1c(Nc2ccnc([C@H]3C[C@H]3C(=O)O)c2)nc2c1c(=O)n(Cc1ccc(Cl)c(Cl)c1)c(=O)n2C. The van der Waals surface area contributed by atoms with Crippen LogP contribution in [0.5, 0.6) is 0 Å². The fourth-order valence-electron chi connectivity index (χ4n) is 4.17. The van der Waals surface area contributed by atoms with Crippen molar-refractivity contribution in [3.05, 3.63) is 78.7 Å². The van der Waals surface area contributed by atoms with E-state index in [4.69, 9.17) is 23.2 Å². The first-order valence-electron chi connectivity index (χ1n) is 10.7. The maximum absolute atomic E-state index is 13.3. The van der Waals surface area contributed by atoms with Crippen molar-refractivity contribution in [3.63, 3.8) is 0 Å². The van der Waals surface area contributed by atoms with Crippen LogP contribution in [0.4, 0.5) is 11.6 Å². The highest BCUT2D eigenvalue weighted by molar-refractivity contribution is 6.42. The Bertz CT molecular complexity index is 1620. The van der Waals surface area contributed by atoms with Gasteiger partial charge in [0.25, 0.3) is 5.56 Å². The van der Waals surface area contributed by atoms with Crippen LogP contribution in [0.25, 0.3) is 11.2 Å². The number of fused-ring (bicyclic) bond motifs is 1. The molecule has 35 heavy (non-hydrogen) atoms. The van der Waals surface area contributed by atoms with E-state index in [9.17, 15) is 19.5 Å². The van der Waals surface area contributed by atoms with Crippen LogP contribution in [0.1, 0.15) is 23.6 Å². The molecule has 0 spiro atoms. The van der Waals surface area contributed by atoms with Crippen LogP contribution < -0.4 is 16.6 Å². The van der Waals surface area contributed by atoms with E-state index in [2.05, 4.69) is 15.3 Å². The number of hydrogen-bond acceptors (Lipinski definition) is 6. The number of benzene rings is 1. The number of carboxylic acids is 1. The lowest BCUT2D eigenvalue weighted by atomic mass is 10.2. The van der Waals surface area contributed by atoms with Crippen molar-refractivity contribution in [2.45, 2.75) is 18.9 Å². The Morgan fingerprint density at radius 2 is 1.91 bits per heavy atom. The molecule has 0 radical (unpaired) electrons. The van der Waals surface area contributed by atoms with E-state index in [1.807, 2.05) is 0 Å². The Morgan fingerprint density at radius 1 is 1.14 bits per heavy atom. The first kappa shape index (κ1) is 23.1. The zero-order valence-corrected chi connectivity index (χ0v) is 20.2. The third-order valence-electron chi connectivity index (χ3n) is 6.21. The summed E-state index contributed by atoms with van der Waals surface area (Å²) in [5, 5.41) is 13.1. The second-order valence-electron chi connectivity index (χ2n) is 8.53. The summed E-state index contributed by atoms with van der Waals surface area (Å²) in [4.78, 5) is 46.3. The van der Waals surface area contributed by atoms with Gasteiger partial charge in [-0.25, -0.2) is 4.79 Å². The quantitative estimate of drug-likeness (QED) is 0.405. The molecule has 3 aromatic heterocycles. The van der Waals surface area contributed by atoms with Crippen molar-refractivity contribution < 1.29 is 9.90 Å². The number of pyridine rings is 1. The lowest BCUT2D eigenvalue weighted by molar-refractivity contribution is -0.138. The van der Waals surface area contributed by atoms with E-state index in [0.29, 0.717) is 39.4 Å². The van der Waals surface area contributed by atoms with Crippen LogP contribution in [0.3, 0.4) is 0 Å². The number of nitrogens with one attached hydrogen (secondary N) is 1. The summed E-state index contributed by atoms with van der Waals surface area (Å²) in [7, 11) is 3.23. The predicted octanol–water partition coefficient (Wildman–Crippen LogP) is 3.12. The molecule has 1 fully saturated rings. The standard InChI is InChI=1S/C23H20Cl2N6O4/c1-29-18-19(28-22(29)27-12-5-6-26-17(8-12)13-9-14(13)21(33)34)30(2)23(35)31(20(18)32)10-11-3-4-15(24)16(25)7-11/h3-8,13-14H,9-10H2,1-2H3,(H,33,34)(H,26,27,28)/t13-,14+/m0/s1. The summed E-state index contributed by atoms with van der Waals surface area (Å²) >= 11 is 12.1. The van der Waals surface area contributed by atoms with Crippen LogP contribution in [0, 0.1) is 5.92 Å². The number of aryl methyl sites for hydroxylation is 2.